The molecule has 0 spiro atoms. The normalized spacial score (nSPS) is 28.4. The van der Waals surface area contributed by atoms with Crippen molar-refractivity contribution in [3.8, 4) is 0 Å². The van der Waals surface area contributed by atoms with E-state index in [4.69, 9.17) is 0 Å². The number of Topliss-reactive ketones (excluding diaryl/α,β-unsaturated/α-hetero) is 3. The first-order valence-electron chi connectivity index (χ1n) is 15.1. The van der Waals surface area contributed by atoms with Crippen molar-refractivity contribution in [1.82, 2.24) is 0 Å². The summed E-state index contributed by atoms with van der Waals surface area (Å²) in [5, 5.41) is 0. The predicted octanol–water partition coefficient (Wildman–Crippen LogP) is 8.21. The number of carbonyl (C=O) groups excluding carboxylic acids is 3. The van der Waals surface area contributed by atoms with Crippen molar-refractivity contribution in [2.24, 2.45) is 40.9 Å². The molecule has 0 N–H and O–H groups in total. The summed E-state index contributed by atoms with van der Waals surface area (Å²) in [5.41, 5.74) is 4.66. The Labute approximate surface area is 240 Å². The SMILES string of the molecule is CC(=Cc1ccccc1C)C(=O)CC(C(=O)C1CC2CC(C(=O)C3=CC4CC=CC=CC4=C3)CC1C2)C(C)(C)C. The number of aryl methyl sites for hydroxylation is 1. The average molecular weight is 537 g/mol. The second-order valence-corrected chi connectivity index (χ2v) is 13.8. The Morgan fingerprint density at radius 2 is 1.80 bits per heavy atom. The van der Waals surface area contributed by atoms with E-state index in [1.807, 2.05) is 44.2 Å². The first kappa shape index (κ1) is 28.5. The van der Waals surface area contributed by atoms with Crippen LogP contribution in [0.25, 0.3) is 6.08 Å². The van der Waals surface area contributed by atoms with Gasteiger partial charge >= 0.3 is 0 Å². The van der Waals surface area contributed by atoms with Crippen LogP contribution in [0.15, 0.2) is 77.4 Å². The minimum Gasteiger partial charge on any atom is -0.299 e. The van der Waals surface area contributed by atoms with Crippen molar-refractivity contribution in [3.05, 3.63) is 88.6 Å². The molecule has 0 heterocycles. The van der Waals surface area contributed by atoms with Crippen LogP contribution < -0.4 is 0 Å². The van der Waals surface area contributed by atoms with Crippen molar-refractivity contribution in [1.29, 1.82) is 0 Å². The van der Waals surface area contributed by atoms with Gasteiger partial charge in [0.1, 0.15) is 5.78 Å². The monoisotopic (exact) mass is 536 g/mol. The molecule has 0 saturated heterocycles. The van der Waals surface area contributed by atoms with Crippen LogP contribution in [0.3, 0.4) is 0 Å². The largest absolute Gasteiger partial charge is 0.299 e. The average Bonchev–Trinajstić information content (AvgIpc) is 3.37. The Morgan fingerprint density at radius 3 is 2.55 bits per heavy atom. The second kappa shape index (κ2) is 11.4. The molecule has 1 aromatic carbocycles. The van der Waals surface area contributed by atoms with Gasteiger partial charge in [-0.3, -0.25) is 14.4 Å². The van der Waals surface area contributed by atoms with Crippen molar-refractivity contribution >= 4 is 23.4 Å². The summed E-state index contributed by atoms with van der Waals surface area (Å²) in [6.45, 7) is 10.2. The lowest BCUT2D eigenvalue weighted by molar-refractivity contribution is -0.134. The highest BCUT2D eigenvalue weighted by Gasteiger charge is 2.49. The molecule has 6 unspecified atom stereocenters. The van der Waals surface area contributed by atoms with E-state index in [1.54, 1.807) is 0 Å². The lowest BCUT2D eigenvalue weighted by atomic mass is 9.69. The van der Waals surface area contributed by atoms with Crippen LogP contribution in [-0.2, 0) is 14.4 Å². The summed E-state index contributed by atoms with van der Waals surface area (Å²) >= 11 is 0. The molecule has 2 saturated carbocycles. The molecule has 2 fully saturated rings. The highest BCUT2D eigenvalue weighted by atomic mass is 16.1. The molecular weight excluding hydrogens is 492 g/mol. The number of fused-ring (bicyclic) bond motifs is 3. The van der Waals surface area contributed by atoms with Crippen molar-refractivity contribution < 1.29 is 14.4 Å². The van der Waals surface area contributed by atoms with Gasteiger partial charge in [-0.25, -0.2) is 0 Å². The van der Waals surface area contributed by atoms with Crippen LogP contribution in [-0.4, -0.2) is 17.3 Å². The van der Waals surface area contributed by atoms with Gasteiger partial charge in [-0.1, -0.05) is 75.4 Å². The molecule has 0 aromatic heterocycles. The van der Waals surface area contributed by atoms with Gasteiger partial charge in [0.15, 0.2) is 11.6 Å². The maximum atomic E-state index is 14.1. The standard InChI is InChI=1S/C37H44O3/c1-23-11-9-10-12-26(23)15-24(2)34(38)22-33(37(3,4)5)36(40)32-18-25-16-29(32)21-30(17-25)35(39)31-19-27-13-7-6-8-14-28(27)20-31/h6-13,15,19-20,25,28-30,32-33H,14,16-18,21-22H2,1-5H3. The first-order chi connectivity index (χ1) is 19.0. The summed E-state index contributed by atoms with van der Waals surface area (Å²) in [4.78, 5) is 41.2. The van der Waals surface area contributed by atoms with Gasteiger partial charge < -0.3 is 0 Å². The first-order valence-corrected chi connectivity index (χ1v) is 15.1. The summed E-state index contributed by atoms with van der Waals surface area (Å²) < 4.78 is 0. The van der Waals surface area contributed by atoms with Crippen LogP contribution in [0, 0.1) is 47.8 Å². The molecule has 0 aliphatic heterocycles. The highest BCUT2D eigenvalue weighted by molar-refractivity contribution is 6.02. The van der Waals surface area contributed by atoms with Crippen molar-refractivity contribution in [2.45, 2.75) is 73.1 Å². The summed E-state index contributed by atoms with van der Waals surface area (Å²) in [6.07, 6.45) is 19.4. The zero-order valence-corrected chi connectivity index (χ0v) is 24.8. The molecule has 0 amide bonds. The van der Waals surface area contributed by atoms with Gasteiger partial charge in [0, 0.05) is 35.7 Å². The predicted molar refractivity (Wildman–Crippen MR) is 162 cm³/mol. The smallest absolute Gasteiger partial charge is 0.165 e. The van der Waals surface area contributed by atoms with Gasteiger partial charge in [0.05, 0.1) is 0 Å². The third-order valence-corrected chi connectivity index (χ3v) is 9.85. The molecular formula is C37H44O3. The topological polar surface area (TPSA) is 51.2 Å². The van der Waals surface area contributed by atoms with E-state index in [0.29, 0.717) is 17.4 Å². The van der Waals surface area contributed by atoms with Crippen LogP contribution in [0.2, 0.25) is 0 Å². The highest BCUT2D eigenvalue weighted by Crippen LogP contribution is 2.51. The van der Waals surface area contributed by atoms with Crippen LogP contribution in [0.4, 0.5) is 0 Å². The molecule has 3 heteroatoms. The number of benzene rings is 1. The van der Waals surface area contributed by atoms with Crippen LogP contribution in [0.1, 0.15) is 77.3 Å². The number of hydrogen-bond donors (Lipinski definition) is 0. The lowest BCUT2D eigenvalue weighted by Gasteiger charge is -2.33. The van der Waals surface area contributed by atoms with Gasteiger partial charge in [-0.05, 0) is 97.6 Å². The quantitative estimate of drug-likeness (QED) is 0.315. The Kier molecular flexibility index (Phi) is 8.13. The molecule has 4 aliphatic carbocycles. The molecule has 5 rings (SSSR count). The zero-order chi connectivity index (χ0) is 28.6. The Morgan fingerprint density at radius 1 is 1.02 bits per heavy atom. The molecule has 6 atom stereocenters. The third-order valence-electron chi connectivity index (χ3n) is 9.85. The van der Waals surface area contributed by atoms with Gasteiger partial charge in [-0.15, -0.1) is 0 Å². The molecule has 210 valence electrons. The molecule has 0 radical (unpaired) electrons. The molecule has 2 bridgehead atoms. The second-order valence-electron chi connectivity index (χ2n) is 13.8. The Hall–Kier alpha value is -3.07. The Bertz CT molecular complexity index is 1340. The fraction of sp³-hybridized carbons (Fsp3) is 0.486. The molecule has 1 aromatic rings. The van der Waals surface area contributed by atoms with E-state index in [1.165, 1.54) is 5.57 Å². The van der Waals surface area contributed by atoms with E-state index < -0.39 is 0 Å². The van der Waals surface area contributed by atoms with E-state index in [2.05, 4.69) is 57.2 Å². The third kappa shape index (κ3) is 5.99. The van der Waals surface area contributed by atoms with Crippen LogP contribution in [0.5, 0.6) is 0 Å². The minimum absolute atomic E-state index is 0.000482. The van der Waals surface area contributed by atoms with Gasteiger partial charge in [0.2, 0.25) is 0 Å². The minimum atomic E-state index is -0.326. The number of hydrogen-bond acceptors (Lipinski definition) is 3. The maximum absolute atomic E-state index is 14.1. The number of carbonyl (C=O) groups is 3. The summed E-state index contributed by atoms with van der Waals surface area (Å²) in [5.74, 6) is 1.15. The zero-order valence-electron chi connectivity index (χ0n) is 24.8. The van der Waals surface area contributed by atoms with E-state index >= 15 is 0 Å². The summed E-state index contributed by atoms with van der Waals surface area (Å²) in [6, 6.07) is 8.05. The van der Waals surface area contributed by atoms with E-state index in [-0.39, 0.29) is 52.9 Å². The fourth-order valence-corrected chi connectivity index (χ4v) is 7.50. The number of allylic oxidation sites excluding steroid dienone is 9. The number of rotatable bonds is 8. The van der Waals surface area contributed by atoms with E-state index in [0.717, 1.165) is 48.8 Å². The van der Waals surface area contributed by atoms with Gasteiger partial charge in [0.25, 0.3) is 0 Å². The van der Waals surface area contributed by atoms with Crippen LogP contribution >= 0.6 is 0 Å². The number of ketones is 3. The lowest BCUT2D eigenvalue weighted by Crippen LogP contribution is -2.37. The Balaban J connectivity index is 1.28. The van der Waals surface area contributed by atoms with E-state index in [9.17, 15) is 14.4 Å². The molecule has 3 nitrogen and oxygen atoms in total. The molecule has 40 heavy (non-hydrogen) atoms. The molecule has 4 aliphatic rings. The van der Waals surface area contributed by atoms with Crippen molar-refractivity contribution in [2.75, 3.05) is 0 Å². The van der Waals surface area contributed by atoms with Gasteiger partial charge in [-0.2, -0.15) is 0 Å². The summed E-state index contributed by atoms with van der Waals surface area (Å²) in [7, 11) is 0. The van der Waals surface area contributed by atoms with Crippen molar-refractivity contribution in [3.63, 3.8) is 0 Å². The maximum Gasteiger partial charge on any atom is 0.165 e. The fourth-order valence-electron chi connectivity index (χ4n) is 7.50.